The van der Waals surface area contributed by atoms with E-state index in [1.54, 1.807) is 48.2 Å². The molecule has 0 amide bonds. The van der Waals surface area contributed by atoms with Crippen molar-refractivity contribution in [1.29, 1.82) is 0 Å². The number of ether oxygens (including phenoxy) is 2. The van der Waals surface area contributed by atoms with E-state index in [1.807, 2.05) is 30.6 Å². The number of aromatic nitrogens is 1. The molecule has 6 nitrogen and oxygen atoms in total. The van der Waals surface area contributed by atoms with Gasteiger partial charge >= 0.3 is 0 Å². The fourth-order valence-corrected chi connectivity index (χ4v) is 4.00. The van der Waals surface area contributed by atoms with Gasteiger partial charge in [-0.15, -0.1) is 0 Å². The average molecular weight is 450 g/mol. The number of nitrogens with zero attached hydrogens (tertiary/aromatic N) is 3. The molecule has 0 N–H and O–H groups in total. The van der Waals surface area contributed by atoms with Crippen molar-refractivity contribution in [2.45, 2.75) is 25.8 Å². The highest BCUT2D eigenvalue weighted by Gasteiger charge is 2.27. The van der Waals surface area contributed by atoms with Crippen LogP contribution in [0.25, 0.3) is 0 Å². The van der Waals surface area contributed by atoms with Gasteiger partial charge in [-0.3, -0.25) is 4.79 Å². The van der Waals surface area contributed by atoms with Gasteiger partial charge in [-0.05, 0) is 23.3 Å². The van der Waals surface area contributed by atoms with Crippen LogP contribution in [0, 0.1) is 5.82 Å². The first kappa shape index (κ1) is 22.6. The molecule has 0 saturated carbocycles. The summed E-state index contributed by atoms with van der Waals surface area (Å²) < 4.78 is 26.9. The standard InChI is InChI=1S/C26H28FN3O3/c1-32-19-24-28(14-15-29(24)18-22-6-5-7-23(33-2)26(22)27)16-20-9-11-21(12-10-20)17-30-13-4-3-8-25(30)31/h3-15,24H,16-19H2,1-2H3. The van der Waals surface area contributed by atoms with Gasteiger partial charge in [0.1, 0.15) is 6.17 Å². The summed E-state index contributed by atoms with van der Waals surface area (Å²) in [4.78, 5) is 16.2. The van der Waals surface area contributed by atoms with Crippen LogP contribution < -0.4 is 10.3 Å². The maximum Gasteiger partial charge on any atom is 0.250 e. The number of benzene rings is 2. The van der Waals surface area contributed by atoms with E-state index in [4.69, 9.17) is 9.47 Å². The largest absolute Gasteiger partial charge is 0.494 e. The normalized spacial score (nSPS) is 15.3. The molecule has 0 saturated heterocycles. The second kappa shape index (κ2) is 10.4. The number of hydrogen-bond donors (Lipinski definition) is 0. The number of hydrogen-bond acceptors (Lipinski definition) is 5. The van der Waals surface area contributed by atoms with Crippen LogP contribution in [0.4, 0.5) is 4.39 Å². The first-order valence-corrected chi connectivity index (χ1v) is 10.8. The second-order valence-electron chi connectivity index (χ2n) is 8.00. The molecule has 0 radical (unpaired) electrons. The predicted molar refractivity (Wildman–Crippen MR) is 125 cm³/mol. The zero-order valence-corrected chi connectivity index (χ0v) is 18.9. The van der Waals surface area contributed by atoms with E-state index in [1.165, 1.54) is 7.11 Å². The average Bonchev–Trinajstić information content (AvgIpc) is 3.19. The quantitative estimate of drug-likeness (QED) is 0.497. The molecule has 0 fully saturated rings. The van der Waals surface area contributed by atoms with Gasteiger partial charge in [0, 0.05) is 50.4 Å². The van der Waals surface area contributed by atoms with E-state index in [9.17, 15) is 9.18 Å². The molecule has 0 aliphatic carbocycles. The smallest absolute Gasteiger partial charge is 0.250 e. The molecule has 1 aliphatic heterocycles. The van der Waals surface area contributed by atoms with Crippen LogP contribution in [0.15, 0.2) is 84.1 Å². The van der Waals surface area contributed by atoms with Gasteiger partial charge in [0.2, 0.25) is 0 Å². The van der Waals surface area contributed by atoms with Crippen LogP contribution >= 0.6 is 0 Å². The Morgan fingerprint density at radius 3 is 2.21 bits per heavy atom. The first-order valence-electron chi connectivity index (χ1n) is 10.8. The van der Waals surface area contributed by atoms with Crippen molar-refractivity contribution in [3.8, 4) is 5.75 Å². The lowest BCUT2D eigenvalue weighted by molar-refractivity contribution is 0.0481. The molecule has 4 rings (SSSR count). The predicted octanol–water partition coefficient (Wildman–Crippen LogP) is 3.81. The molecule has 33 heavy (non-hydrogen) atoms. The Labute approximate surface area is 193 Å². The third kappa shape index (κ3) is 5.26. The number of rotatable bonds is 9. The Kier molecular flexibility index (Phi) is 7.10. The Morgan fingerprint density at radius 1 is 0.848 bits per heavy atom. The third-order valence-electron chi connectivity index (χ3n) is 5.79. The maximum atomic E-state index is 14.7. The second-order valence-corrected chi connectivity index (χ2v) is 8.00. The minimum absolute atomic E-state index is 0.0150. The van der Waals surface area contributed by atoms with E-state index in [2.05, 4.69) is 21.9 Å². The summed E-state index contributed by atoms with van der Waals surface area (Å²) in [5, 5.41) is 0. The molecule has 0 spiro atoms. The van der Waals surface area contributed by atoms with E-state index in [-0.39, 0.29) is 23.3 Å². The van der Waals surface area contributed by atoms with E-state index in [0.29, 0.717) is 31.8 Å². The molecule has 1 atom stereocenters. The van der Waals surface area contributed by atoms with Crippen LogP contribution in [-0.4, -0.2) is 41.4 Å². The molecule has 0 bridgehead atoms. The van der Waals surface area contributed by atoms with Crippen LogP contribution in [0.3, 0.4) is 0 Å². The summed E-state index contributed by atoms with van der Waals surface area (Å²) >= 11 is 0. The summed E-state index contributed by atoms with van der Waals surface area (Å²) in [6.07, 6.45) is 5.72. The van der Waals surface area contributed by atoms with E-state index in [0.717, 1.165) is 11.1 Å². The Bertz CT molecular complexity index is 1160. The molecular weight excluding hydrogens is 421 g/mol. The van der Waals surface area contributed by atoms with Crippen molar-refractivity contribution in [1.82, 2.24) is 14.4 Å². The molecular formula is C26H28FN3O3. The van der Waals surface area contributed by atoms with Gasteiger partial charge in [0.05, 0.1) is 20.3 Å². The van der Waals surface area contributed by atoms with Crippen molar-refractivity contribution in [3.05, 3.63) is 112 Å². The Balaban J connectivity index is 1.43. The van der Waals surface area contributed by atoms with Crippen LogP contribution in [0.2, 0.25) is 0 Å². The summed E-state index contributed by atoms with van der Waals surface area (Å²) in [5.41, 5.74) is 2.76. The molecule has 2 heterocycles. The van der Waals surface area contributed by atoms with Gasteiger partial charge in [-0.25, -0.2) is 4.39 Å². The Hall–Kier alpha value is -3.58. The lowest BCUT2D eigenvalue weighted by Gasteiger charge is -2.32. The van der Waals surface area contributed by atoms with Crippen molar-refractivity contribution >= 4 is 0 Å². The third-order valence-corrected chi connectivity index (χ3v) is 5.79. The molecule has 1 unspecified atom stereocenters. The summed E-state index contributed by atoms with van der Waals surface area (Å²) in [6.45, 7) is 2.12. The van der Waals surface area contributed by atoms with Crippen molar-refractivity contribution in [2.24, 2.45) is 0 Å². The molecule has 1 aromatic heterocycles. The van der Waals surface area contributed by atoms with Crippen molar-refractivity contribution in [2.75, 3.05) is 20.8 Å². The fourth-order valence-electron chi connectivity index (χ4n) is 4.00. The number of pyridine rings is 1. The van der Waals surface area contributed by atoms with Gasteiger partial charge in [-0.1, -0.05) is 42.5 Å². The SMILES string of the molecule is COCC1N(Cc2ccc(Cn3ccccc3=O)cc2)C=CN1Cc1cccc(OC)c1F. The van der Waals surface area contributed by atoms with Crippen molar-refractivity contribution < 1.29 is 13.9 Å². The van der Waals surface area contributed by atoms with Crippen molar-refractivity contribution in [3.63, 3.8) is 0 Å². The minimum Gasteiger partial charge on any atom is -0.494 e. The summed E-state index contributed by atoms with van der Waals surface area (Å²) in [5.74, 6) is -0.0928. The highest BCUT2D eigenvalue weighted by molar-refractivity contribution is 5.31. The zero-order chi connectivity index (χ0) is 23.2. The van der Waals surface area contributed by atoms with Gasteiger partial charge in [-0.2, -0.15) is 0 Å². The molecule has 3 aromatic rings. The molecule has 7 heteroatoms. The molecule has 1 aliphatic rings. The fraction of sp³-hybridized carbons (Fsp3) is 0.269. The molecule has 2 aromatic carbocycles. The number of halogens is 1. The monoisotopic (exact) mass is 449 g/mol. The van der Waals surface area contributed by atoms with E-state index >= 15 is 0 Å². The topological polar surface area (TPSA) is 46.9 Å². The maximum absolute atomic E-state index is 14.7. The summed E-state index contributed by atoms with van der Waals surface area (Å²) in [7, 11) is 3.14. The summed E-state index contributed by atoms with van der Waals surface area (Å²) in [6, 6.07) is 18.6. The number of methoxy groups -OCH3 is 2. The highest BCUT2D eigenvalue weighted by Crippen LogP contribution is 2.26. The highest BCUT2D eigenvalue weighted by atomic mass is 19.1. The van der Waals surface area contributed by atoms with Gasteiger partial charge in [0.15, 0.2) is 11.6 Å². The Morgan fingerprint density at radius 2 is 1.55 bits per heavy atom. The first-order chi connectivity index (χ1) is 16.1. The van der Waals surface area contributed by atoms with Gasteiger partial charge < -0.3 is 23.8 Å². The van der Waals surface area contributed by atoms with Crippen LogP contribution in [0.5, 0.6) is 5.75 Å². The molecule has 172 valence electrons. The minimum atomic E-state index is -0.337. The lowest BCUT2D eigenvalue weighted by Crippen LogP contribution is -2.41. The van der Waals surface area contributed by atoms with Crippen LogP contribution in [-0.2, 0) is 24.4 Å². The van der Waals surface area contributed by atoms with Crippen LogP contribution in [0.1, 0.15) is 16.7 Å². The lowest BCUT2D eigenvalue weighted by atomic mass is 10.1. The zero-order valence-electron chi connectivity index (χ0n) is 18.9. The van der Waals surface area contributed by atoms with E-state index < -0.39 is 0 Å². The van der Waals surface area contributed by atoms with Gasteiger partial charge in [0.25, 0.3) is 5.56 Å².